The fourth-order valence-corrected chi connectivity index (χ4v) is 4.23. The topological polar surface area (TPSA) is 131 Å². The molecule has 176 valence electrons. The van der Waals surface area contributed by atoms with Crippen LogP contribution in [0.3, 0.4) is 0 Å². The Morgan fingerprint density at radius 2 is 1.82 bits per heavy atom. The number of carbonyl (C=O) groups excluding carboxylic acids is 1. The van der Waals surface area contributed by atoms with E-state index in [1.807, 2.05) is 38.1 Å². The number of sulfone groups is 1. The minimum Gasteiger partial charge on any atom is -0.490 e. The van der Waals surface area contributed by atoms with Gasteiger partial charge in [-0.25, -0.2) is 8.42 Å². The predicted molar refractivity (Wildman–Crippen MR) is 129 cm³/mol. The van der Waals surface area contributed by atoms with Crippen LogP contribution in [0.25, 0.3) is 6.08 Å². The van der Waals surface area contributed by atoms with Gasteiger partial charge in [0.25, 0.3) is 5.91 Å². The van der Waals surface area contributed by atoms with Crippen molar-refractivity contribution in [1.29, 1.82) is 5.26 Å². The maximum Gasteiger partial charge on any atom is 0.268 e. The van der Waals surface area contributed by atoms with Crippen LogP contribution in [0.1, 0.15) is 16.7 Å². The van der Waals surface area contributed by atoms with Gasteiger partial charge in [0.2, 0.25) is 19.3 Å². The number of anilines is 1. The zero-order valence-corrected chi connectivity index (χ0v) is 20.4. The highest BCUT2D eigenvalue weighted by Crippen LogP contribution is 2.21. The molecule has 0 bridgehead atoms. The lowest BCUT2D eigenvalue weighted by molar-refractivity contribution is -0.112. The summed E-state index contributed by atoms with van der Waals surface area (Å²) in [6, 6.07) is 14.7. The summed E-state index contributed by atoms with van der Waals surface area (Å²) in [6.07, 6.45) is 2.40. The first-order valence-electron chi connectivity index (χ1n) is 10.1. The molecule has 0 atom stereocenters. The molecule has 1 heterocycles. The predicted octanol–water partition coefficient (Wildman–Crippen LogP) is 3.56. The molecule has 9 nitrogen and oxygen atoms in total. The van der Waals surface area contributed by atoms with Crippen LogP contribution in [0.4, 0.5) is 5.13 Å². The monoisotopic (exact) mass is 498 g/mol. The zero-order chi connectivity index (χ0) is 24.7. The molecule has 0 radical (unpaired) electrons. The number of rotatable bonds is 9. The van der Waals surface area contributed by atoms with Crippen molar-refractivity contribution >= 4 is 38.3 Å². The van der Waals surface area contributed by atoms with E-state index in [0.29, 0.717) is 35.9 Å². The third-order valence-corrected chi connectivity index (χ3v) is 6.96. The van der Waals surface area contributed by atoms with Gasteiger partial charge in [-0.05, 0) is 54.8 Å². The van der Waals surface area contributed by atoms with Gasteiger partial charge in [0, 0.05) is 6.26 Å². The van der Waals surface area contributed by atoms with Gasteiger partial charge in [0.05, 0.1) is 0 Å². The standard InChI is InChI=1S/C23H22N4O5S2/c1-15-4-5-16(2)20(12-15)32-11-10-31-19-8-6-17(7-9-19)13-18(14-24)21(28)25-22-26-27-23(33-22)34(3,29)30/h4-9,12-13H,10-11H2,1-3H3,(H,25,26,28). The molecule has 0 saturated heterocycles. The maximum atomic E-state index is 12.4. The molecule has 0 aliphatic rings. The van der Waals surface area contributed by atoms with Gasteiger partial charge in [-0.2, -0.15) is 5.26 Å². The summed E-state index contributed by atoms with van der Waals surface area (Å²) in [5.41, 5.74) is 2.62. The molecule has 3 aromatic rings. The highest BCUT2D eigenvalue weighted by atomic mass is 32.2. The summed E-state index contributed by atoms with van der Waals surface area (Å²) >= 11 is 0.708. The number of hydrogen-bond acceptors (Lipinski definition) is 9. The normalized spacial score (nSPS) is 11.5. The number of carbonyl (C=O) groups is 1. The molecular formula is C23H22N4O5S2. The highest BCUT2D eigenvalue weighted by Gasteiger charge is 2.17. The Kier molecular flexibility index (Phi) is 7.99. The molecule has 2 aromatic carbocycles. The van der Waals surface area contributed by atoms with Crippen molar-refractivity contribution in [3.05, 3.63) is 64.7 Å². The molecule has 0 saturated carbocycles. The van der Waals surface area contributed by atoms with Crippen molar-refractivity contribution in [2.24, 2.45) is 0 Å². The van der Waals surface area contributed by atoms with Crippen molar-refractivity contribution < 1.29 is 22.7 Å². The Labute approximate surface area is 201 Å². The van der Waals surface area contributed by atoms with Gasteiger partial charge < -0.3 is 9.47 Å². The number of aryl methyl sites for hydroxylation is 2. The van der Waals surface area contributed by atoms with E-state index in [1.54, 1.807) is 24.3 Å². The first kappa shape index (κ1) is 24.9. The van der Waals surface area contributed by atoms with E-state index in [0.717, 1.165) is 23.1 Å². The van der Waals surface area contributed by atoms with Crippen molar-refractivity contribution in [1.82, 2.24) is 10.2 Å². The van der Waals surface area contributed by atoms with Gasteiger partial charge in [0.15, 0.2) is 0 Å². The Morgan fingerprint density at radius 3 is 2.47 bits per heavy atom. The Balaban J connectivity index is 1.55. The summed E-state index contributed by atoms with van der Waals surface area (Å²) in [5.74, 6) is 0.724. The lowest BCUT2D eigenvalue weighted by Crippen LogP contribution is -2.13. The minimum atomic E-state index is -3.53. The zero-order valence-electron chi connectivity index (χ0n) is 18.7. The van der Waals surface area contributed by atoms with E-state index in [4.69, 9.17) is 9.47 Å². The number of amides is 1. The molecular weight excluding hydrogens is 476 g/mol. The number of nitriles is 1. The fraction of sp³-hybridized carbons (Fsp3) is 0.217. The van der Waals surface area contributed by atoms with Crippen LogP contribution < -0.4 is 14.8 Å². The average molecular weight is 499 g/mol. The van der Waals surface area contributed by atoms with E-state index in [2.05, 4.69) is 15.5 Å². The highest BCUT2D eigenvalue weighted by molar-refractivity contribution is 7.92. The molecule has 3 rings (SSSR count). The van der Waals surface area contributed by atoms with Crippen LogP contribution >= 0.6 is 11.3 Å². The van der Waals surface area contributed by atoms with Crippen molar-refractivity contribution in [3.63, 3.8) is 0 Å². The van der Waals surface area contributed by atoms with Crippen LogP contribution in [-0.2, 0) is 14.6 Å². The molecule has 0 unspecified atom stereocenters. The van der Waals surface area contributed by atoms with Gasteiger partial charge in [-0.15, -0.1) is 10.2 Å². The second kappa shape index (κ2) is 10.9. The van der Waals surface area contributed by atoms with E-state index >= 15 is 0 Å². The second-order valence-electron chi connectivity index (χ2n) is 7.30. The summed E-state index contributed by atoms with van der Waals surface area (Å²) < 4.78 is 34.2. The number of nitrogens with one attached hydrogen (secondary N) is 1. The molecule has 11 heteroatoms. The molecule has 0 aliphatic carbocycles. The molecule has 1 aromatic heterocycles. The van der Waals surface area contributed by atoms with E-state index in [-0.39, 0.29) is 15.0 Å². The summed E-state index contributed by atoms with van der Waals surface area (Å²) in [5, 5.41) is 18.9. The fourth-order valence-electron chi connectivity index (χ4n) is 2.72. The van der Waals surface area contributed by atoms with E-state index < -0.39 is 15.7 Å². The molecule has 0 aliphatic heterocycles. The first-order chi connectivity index (χ1) is 16.2. The molecule has 0 fully saturated rings. The first-order valence-corrected chi connectivity index (χ1v) is 12.8. The van der Waals surface area contributed by atoms with Gasteiger partial charge in [0.1, 0.15) is 36.4 Å². The Bertz CT molecular complexity index is 1360. The Hall–Kier alpha value is -3.75. The third kappa shape index (κ3) is 6.87. The summed E-state index contributed by atoms with van der Waals surface area (Å²) in [6.45, 7) is 4.73. The maximum absolute atomic E-state index is 12.4. The average Bonchev–Trinajstić information content (AvgIpc) is 3.27. The third-order valence-electron chi connectivity index (χ3n) is 4.45. The van der Waals surface area contributed by atoms with Gasteiger partial charge >= 0.3 is 0 Å². The summed E-state index contributed by atoms with van der Waals surface area (Å²) in [4.78, 5) is 12.4. The van der Waals surface area contributed by atoms with Crippen LogP contribution in [0, 0.1) is 25.2 Å². The number of ether oxygens (including phenoxy) is 2. The van der Waals surface area contributed by atoms with Gasteiger partial charge in [-0.3, -0.25) is 10.1 Å². The van der Waals surface area contributed by atoms with Crippen LogP contribution in [0.5, 0.6) is 11.5 Å². The molecule has 34 heavy (non-hydrogen) atoms. The number of hydrogen-bond donors (Lipinski definition) is 1. The Morgan fingerprint density at radius 1 is 1.12 bits per heavy atom. The van der Waals surface area contributed by atoms with Crippen LogP contribution in [-0.4, -0.2) is 44.0 Å². The van der Waals surface area contributed by atoms with E-state index in [9.17, 15) is 18.5 Å². The lowest BCUT2D eigenvalue weighted by atomic mass is 10.1. The van der Waals surface area contributed by atoms with Crippen LogP contribution in [0.15, 0.2) is 52.4 Å². The number of benzene rings is 2. The quantitative estimate of drug-likeness (QED) is 0.205. The van der Waals surface area contributed by atoms with Crippen molar-refractivity contribution in [2.45, 2.75) is 18.2 Å². The lowest BCUT2D eigenvalue weighted by Gasteiger charge is -2.11. The SMILES string of the molecule is Cc1ccc(C)c(OCCOc2ccc(C=C(C#N)C(=O)Nc3nnc(S(C)(=O)=O)s3)cc2)c1. The molecule has 1 amide bonds. The second-order valence-corrected chi connectivity index (χ2v) is 10.5. The van der Waals surface area contributed by atoms with Crippen molar-refractivity contribution in [2.75, 3.05) is 24.8 Å². The molecule has 0 spiro atoms. The molecule has 1 N–H and O–H groups in total. The number of nitrogens with zero attached hydrogens (tertiary/aromatic N) is 3. The minimum absolute atomic E-state index is 0.0154. The number of aromatic nitrogens is 2. The van der Waals surface area contributed by atoms with E-state index in [1.165, 1.54) is 6.08 Å². The largest absolute Gasteiger partial charge is 0.490 e. The van der Waals surface area contributed by atoms with Gasteiger partial charge in [-0.1, -0.05) is 35.6 Å². The van der Waals surface area contributed by atoms with Crippen LogP contribution in [0.2, 0.25) is 0 Å². The summed E-state index contributed by atoms with van der Waals surface area (Å²) in [7, 11) is -3.53. The van der Waals surface area contributed by atoms with Crippen molar-refractivity contribution in [3.8, 4) is 17.6 Å². The smallest absolute Gasteiger partial charge is 0.268 e.